The first-order chi connectivity index (χ1) is 16.3. The SMILES string of the molecule is CN(C)S(=O)(=O)Cc1nc(S(C)(=O)=O)nc2c1c(-c1ccccc1Cl)nn2COCCC[SiH](C)C. The summed E-state index contributed by atoms with van der Waals surface area (Å²) in [7, 11) is -5.53. The van der Waals surface area contributed by atoms with Gasteiger partial charge in [0.2, 0.25) is 25.0 Å². The van der Waals surface area contributed by atoms with E-state index in [4.69, 9.17) is 16.3 Å². The molecule has 0 unspecified atom stereocenters. The van der Waals surface area contributed by atoms with E-state index in [1.165, 1.54) is 18.8 Å². The van der Waals surface area contributed by atoms with Crippen LogP contribution in [0.1, 0.15) is 12.1 Å². The molecular weight excluding hydrogens is 530 g/mol. The highest BCUT2D eigenvalue weighted by Gasteiger charge is 2.27. The number of sulfonamides is 1. The van der Waals surface area contributed by atoms with Gasteiger partial charge in [0, 0.05) is 41.3 Å². The van der Waals surface area contributed by atoms with Gasteiger partial charge in [-0.05, 0) is 12.5 Å². The van der Waals surface area contributed by atoms with E-state index in [0.717, 1.165) is 23.0 Å². The van der Waals surface area contributed by atoms with Crippen LogP contribution in [0, 0.1) is 0 Å². The van der Waals surface area contributed by atoms with Gasteiger partial charge in [-0.15, -0.1) is 0 Å². The lowest BCUT2D eigenvalue weighted by molar-refractivity contribution is 0.0719. The molecule has 0 amide bonds. The van der Waals surface area contributed by atoms with E-state index in [1.54, 1.807) is 24.3 Å². The van der Waals surface area contributed by atoms with Crippen LogP contribution < -0.4 is 0 Å². The Bertz CT molecular complexity index is 1430. The van der Waals surface area contributed by atoms with Crippen LogP contribution >= 0.6 is 11.6 Å². The summed E-state index contributed by atoms with van der Waals surface area (Å²) in [6, 6.07) is 8.12. The lowest BCUT2D eigenvalue weighted by Crippen LogP contribution is -2.24. The number of hydrogen-bond acceptors (Lipinski definition) is 8. The summed E-state index contributed by atoms with van der Waals surface area (Å²) in [5.41, 5.74) is 1.09. The Morgan fingerprint density at radius 1 is 1.11 bits per heavy atom. The van der Waals surface area contributed by atoms with Gasteiger partial charge in [-0.3, -0.25) is 0 Å². The van der Waals surface area contributed by atoms with Crippen LogP contribution in [0.2, 0.25) is 24.2 Å². The molecular formula is C21H30ClN5O5S2Si. The molecule has 10 nitrogen and oxygen atoms in total. The molecule has 3 rings (SSSR count). The average molecular weight is 560 g/mol. The predicted molar refractivity (Wildman–Crippen MR) is 139 cm³/mol. The summed E-state index contributed by atoms with van der Waals surface area (Å²) in [5, 5.41) is 4.85. The van der Waals surface area contributed by atoms with Gasteiger partial charge < -0.3 is 4.74 Å². The van der Waals surface area contributed by atoms with E-state index in [2.05, 4.69) is 28.2 Å². The van der Waals surface area contributed by atoms with Crippen LogP contribution in [-0.2, 0) is 37.1 Å². The molecule has 14 heteroatoms. The summed E-state index contributed by atoms with van der Waals surface area (Å²) >= 11 is 6.44. The molecule has 0 saturated carbocycles. The number of benzene rings is 1. The van der Waals surface area contributed by atoms with Crippen LogP contribution in [0.3, 0.4) is 0 Å². The predicted octanol–water partition coefficient (Wildman–Crippen LogP) is 2.79. The van der Waals surface area contributed by atoms with Crippen LogP contribution in [0.4, 0.5) is 0 Å². The quantitative estimate of drug-likeness (QED) is 0.199. The third kappa shape index (κ3) is 6.65. The van der Waals surface area contributed by atoms with Gasteiger partial charge in [0.05, 0.1) is 16.1 Å². The van der Waals surface area contributed by atoms with Crippen molar-refractivity contribution >= 4 is 51.3 Å². The van der Waals surface area contributed by atoms with Gasteiger partial charge in [0.15, 0.2) is 5.65 Å². The van der Waals surface area contributed by atoms with Gasteiger partial charge >= 0.3 is 0 Å². The number of rotatable bonds is 11. The van der Waals surface area contributed by atoms with E-state index in [9.17, 15) is 16.8 Å². The number of fused-ring (bicyclic) bond motifs is 1. The molecule has 0 aliphatic rings. The molecule has 2 heterocycles. The minimum absolute atomic E-state index is 0.0146. The Labute approximate surface area is 212 Å². The standard InChI is InChI=1S/C21H30ClN5O5S2Si/c1-26(2)34(30,31)13-17-18-19(15-9-6-7-10-16(15)22)25-27(14-32-11-8-12-35(4)5)20(18)24-21(23-17)33(3,28)29/h6-7,9-10,35H,8,11-14H2,1-5H3. The lowest BCUT2D eigenvalue weighted by Gasteiger charge is -2.12. The zero-order chi connectivity index (χ0) is 26.0. The summed E-state index contributed by atoms with van der Waals surface area (Å²) in [6.45, 7) is 5.06. The van der Waals surface area contributed by atoms with Gasteiger partial charge in [-0.25, -0.2) is 30.8 Å². The molecule has 1 aromatic carbocycles. The first kappa shape index (κ1) is 27.7. The van der Waals surface area contributed by atoms with Crippen molar-refractivity contribution in [2.45, 2.75) is 43.2 Å². The maximum Gasteiger partial charge on any atom is 0.249 e. The van der Waals surface area contributed by atoms with E-state index in [0.29, 0.717) is 28.3 Å². The van der Waals surface area contributed by atoms with Crippen molar-refractivity contribution in [1.29, 1.82) is 0 Å². The third-order valence-electron chi connectivity index (χ3n) is 5.27. The largest absolute Gasteiger partial charge is 0.359 e. The van der Waals surface area contributed by atoms with Crippen molar-refractivity contribution in [3.63, 3.8) is 0 Å². The van der Waals surface area contributed by atoms with Crippen molar-refractivity contribution < 1.29 is 21.6 Å². The van der Waals surface area contributed by atoms with Crippen LogP contribution in [0.5, 0.6) is 0 Å². The normalized spacial score (nSPS) is 12.8. The zero-order valence-corrected chi connectivity index (χ0v) is 23.9. The average Bonchev–Trinajstić information content (AvgIpc) is 3.11. The van der Waals surface area contributed by atoms with E-state index >= 15 is 0 Å². The van der Waals surface area contributed by atoms with E-state index < -0.39 is 39.6 Å². The molecule has 0 atom stereocenters. The van der Waals surface area contributed by atoms with Gasteiger partial charge in [-0.2, -0.15) is 10.1 Å². The summed E-state index contributed by atoms with van der Waals surface area (Å²) in [5.74, 6) is -0.537. The van der Waals surface area contributed by atoms with Crippen LogP contribution in [0.25, 0.3) is 22.3 Å². The molecule has 0 bridgehead atoms. The molecule has 192 valence electrons. The molecule has 0 radical (unpaired) electrons. The maximum absolute atomic E-state index is 12.8. The van der Waals surface area contributed by atoms with Gasteiger partial charge in [-0.1, -0.05) is 48.9 Å². The first-order valence-electron chi connectivity index (χ1n) is 11.0. The topological polar surface area (TPSA) is 124 Å². The fourth-order valence-electron chi connectivity index (χ4n) is 3.37. The van der Waals surface area contributed by atoms with Crippen molar-refractivity contribution in [2.24, 2.45) is 0 Å². The number of hydrogen-bond donors (Lipinski definition) is 0. The van der Waals surface area contributed by atoms with Crippen molar-refractivity contribution in [1.82, 2.24) is 24.1 Å². The Morgan fingerprint density at radius 2 is 1.80 bits per heavy atom. The minimum Gasteiger partial charge on any atom is -0.359 e. The lowest BCUT2D eigenvalue weighted by atomic mass is 10.1. The monoisotopic (exact) mass is 559 g/mol. The molecule has 0 spiro atoms. The summed E-state index contributed by atoms with van der Waals surface area (Å²) < 4.78 is 58.6. The molecule has 2 aromatic heterocycles. The number of ether oxygens (including phenoxy) is 1. The molecule has 0 saturated heterocycles. The van der Waals surface area contributed by atoms with E-state index in [1.807, 2.05) is 0 Å². The smallest absolute Gasteiger partial charge is 0.249 e. The second-order valence-electron chi connectivity index (χ2n) is 8.86. The number of sulfone groups is 1. The Morgan fingerprint density at radius 3 is 2.40 bits per heavy atom. The minimum atomic E-state index is -3.85. The summed E-state index contributed by atoms with van der Waals surface area (Å²) in [4.78, 5) is 8.42. The van der Waals surface area contributed by atoms with Crippen molar-refractivity contribution in [2.75, 3.05) is 27.0 Å². The van der Waals surface area contributed by atoms with Crippen molar-refractivity contribution in [3.8, 4) is 11.3 Å². The molecule has 0 aliphatic heterocycles. The van der Waals surface area contributed by atoms with Crippen LogP contribution in [-0.4, -0.2) is 76.6 Å². The number of aromatic nitrogens is 4. The molecule has 0 N–H and O–H groups in total. The fourth-order valence-corrected chi connectivity index (χ4v) is 5.92. The second kappa shape index (κ2) is 11.0. The summed E-state index contributed by atoms with van der Waals surface area (Å²) in [6.07, 6.45) is 1.89. The van der Waals surface area contributed by atoms with Gasteiger partial charge in [0.1, 0.15) is 18.2 Å². The zero-order valence-electron chi connectivity index (χ0n) is 20.4. The van der Waals surface area contributed by atoms with E-state index in [-0.39, 0.29) is 18.1 Å². The van der Waals surface area contributed by atoms with Crippen LogP contribution in [0.15, 0.2) is 29.4 Å². The first-order valence-corrected chi connectivity index (χ1v) is 18.0. The molecule has 0 aliphatic carbocycles. The molecule has 0 fully saturated rings. The number of nitrogens with zero attached hydrogens (tertiary/aromatic N) is 5. The second-order valence-corrected chi connectivity index (χ2v) is 16.7. The van der Waals surface area contributed by atoms with Crippen molar-refractivity contribution in [3.05, 3.63) is 35.0 Å². The maximum atomic E-state index is 12.8. The van der Waals surface area contributed by atoms with Gasteiger partial charge in [0.25, 0.3) is 0 Å². The third-order valence-corrected chi connectivity index (χ3v) is 9.76. The fraction of sp³-hybridized carbons (Fsp3) is 0.476. The molecule has 3 aromatic rings. The Hall–Kier alpha value is -1.90. The highest BCUT2D eigenvalue weighted by Crippen LogP contribution is 2.35. The highest BCUT2D eigenvalue weighted by atomic mass is 35.5. The Balaban J connectivity index is 2.23. The molecule has 35 heavy (non-hydrogen) atoms. The highest BCUT2D eigenvalue weighted by molar-refractivity contribution is 7.90. The Kier molecular flexibility index (Phi) is 8.71. The number of halogens is 1.